The number of benzene rings is 1. The molecule has 2 heterocycles. The molecule has 1 fully saturated rings. The largest absolute Gasteiger partial charge is 0.446 e. The van der Waals surface area contributed by atoms with Crippen LogP contribution in [0.1, 0.15) is 51.2 Å². The molecule has 1 aliphatic rings. The number of aryl methyl sites for hydroxylation is 1. The number of carbonyl (C=O) groups is 2. The van der Waals surface area contributed by atoms with Crippen LogP contribution < -0.4 is 5.73 Å². The summed E-state index contributed by atoms with van der Waals surface area (Å²) in [6.07, 6.45) is 3.24. The Morgan fingerprint density at radius 3 is 2.68 bits per heavy atom. The van der Waals surface area contributed by atoms with Gasteiger partial charge in [0, 0.05) is 6.54 Å². The van der Waals surface area contributed by atoms with Crippen molar-refractivity contribution in [3.63, 3.8) is 0 Å². The van der Waals surface area contributed by atoms with E-state index < -0.39 is 5.91 Å². The first-order valence-electron chi connectivity index (χ1n) is 7.19. The van der Waals surface area contributed by atoms with Gasteiger partial charge in [0.05, 0.1) is 16.8 Å². The van der Waals surface area contributed by atoms with Gasteiger partial charge in [0.2, 0.25) is 11.8 Å². The number of amides is 2. The van der Waals surface area contributed by atoms with Gasteiger partial charge in [-0.2, -0.15) is 0 Å². The molecule has 0 spiro atoms. The van der Waals surface area contributed by atoms with Crippen LogP contribution in [-0.2, 0) is 0 Å². The molecule has 0 saturated carbocycles. The van der Waals surface area contributed by atoms with Crippen molar-refractivity contribution < 1.29 is 14.0 Å². The van der Waals surface area contributed by atoms with Crippen LogP contribution in [0.25, 0.3) is 0 Å². The second-order valence-electron chi connectivity index (χ2n) is 5.39. The molecule has 0 aliphatic carbocycles. The number of likely N-dealkylation sites (tertiary alicyclic amines) is 1. The van der Waals surface area contributed by atoms with E-state index in [9.17, 15) is 9.59 Å². The highest BCUT2D eigenvalue weighted by Gasteiger charge is 2.34. The van der Waals surface area contributed by atoms with Crippen molar-refractivity contribution in [1.82, 2.24) is 9.88 Å². The zero-order valence-corrected chi connectivity index (χ0v) is 12.3. The molecule has 0 bridgehead atoms. The van der Waals surface area contributed by atoms with E-state index in [0.717, 1.165) is 18.5 Å². The van der Waals surface area contributed by atoms with Gasteiger partial charge in [0.25, 0.3) is 5.91 Å². The molecule has 22 heavy (non-hydrogen) atoms. The molecule has 1 atom stereocenters. The average Bonchev–Trinajstić information content (AvgIpc) is 3.14. The first-order chi connectivity index (χ1) is 10.6. The SMILES string of the molecule is Cc1coc([C@H]2CCCN2C(=O)c2ccccc2C(N)=O)n1. The van der Waals surface area contributed by atoms with Crippen molar-refractivity contribution in [2.24, 2.45) is 5.73 Å². The predicted octanol–water partition coefficient (Wildman–Crippen LogP) is 2.06. The Bertz CT molecular complexity index is 723. The molecule has 114 valence electrons. The number of oxazole rings is 1. The average molecular weight is 299 g/mol. The predicted molar refractivity (Wildman–Crippen MR) is 79.2 cm³/mol. The first kappa shape index (κ1) is 14.3. The molecule has 0 radical (unpaired) electrons. The second kappa shape index (κ2) is 5.63. The monoisotopic (exact) mass is 299 g/mol. The van der Waals surface area contributed by atoms with E-state index in [0.29, 0.717) is 18.0 Å². The maximum absolute atomic E-state index is 12.8. The fourth-order valence-electron chi connectivity index (χ4n) is 2.83. The lowest BCUT2D eigenvalue weighted by atomic mass is 10.1. The lowest BCUT2D eigenvalue weighted by Gasteiger charge is -2.23. The number of primary amides is 1. The maximum atomic E-state index is 12.8. The Labute approximate surface area is 127 Å². The van der Waals surface area contributed by atoms with E-state index in [1.165, 1.54) is 0 Å². The minimum atomic E-state index is -0.605. The summed E-state index contributed by atoms with van der Waals surface area (Å²) in [7, 11) is 0. The van der Waals surface area contributed by atoms with Crippen molar-refractivity contribution >= 4 is 11.8 Å². The van der Waals surface area contributed by atoms with Gasteiger partial charge < -0.3 is 15.1 Å². The number of hydrogen-bond acceptors (Lipinski definition) is 4. The number of aromatic nitrogens is 1. The van der Waals surface area contributed by atoms with Crippen LogP contribution in [0.4, 0.5) is 0 Å². The Morgan fingerprint density at radius 1 is 1.32 bits per heavy atom. The fraction of sp³-hybridized carbons (Fsp3) is 0.312. The molecule has 1 saturated heterocycles. The van der Waals surface area contributed by atoms with Gasteiger partial charge in [-0.25, -0.2) is 4.98 Å². The summed E-state index contributed by atoms with van der Waals surface area (Å²) in [5.74, 6) is -0.278. The van der Waals surface area contributed by atoms with Gasteiger partial charge in [-0.1, -0.05) is 12.1 Å². The second-order valence-corrected chi connectivity index (χ2v) is 5.39. The van der Waals surface area contributed by atoms with Crippen LogP contribution in [-0.4, -0.2) is 28.2 Å². The molecular formula is C16H17N3O3. The third kappa shape index (κ3) is 2.47. The summed E-state index contributed by atoms with van der Waals surface area (Å²) in [4.78, 5) is 30.4. The summed E-state index contributed by atoms with van der Waals surface area (Å²) in [6.45, 7) is 2.45. The third-order valence-electron chi connectivity index (χ3n) is 3.86. The third-order valence-corrected chi connectivity index (χ3v) is 3.86. The van der Waals surface area contributed by atoms with Crippen LogP contribution in [0.3, 0.4) is 0 Å². The quantitative estimate of drug-likeness (QED) is 0.939. The van der Waals surface area contributed by atoms with Gasteiger partial charge in [0.1, 0.15) is 12.3 Å². The minimum absolute atomic E-state index is 0.192. The first-order valence-corrected chi connectivity index (χ1v) is 7.19. The van der Waals surface area contributed by atoms with E-state index in [2.05, 4.69) is 4.98 Å². The zero-order chi connectivity index (χ0) is 15.7. The number of carbonyl (C=O) groups excluding carboxylic acids is 2. The normalized spacial score (nSPS) is 17.7. The Kier molecular flexibility index (Phi) is 3.66. The van der Waals surface area contributed by atoms with Crippen molar-refractivity contribution in [2.45, 2.75) is 25.8 Å². The van der Waals surface area contributed by atoms with Crippen LogP contribution in [0.5, 0.6) is 0 Å². The van der Waals surface area contributed by atoms with Crippen molar-refractivity contribution in [2.75, 3.05) is 6.54 Å². The Balaban J connectivity index is 1.93. The smallest absolute Gasteiger partial charge is 0.255 e. The molecule has 2 N–H and O–H groups in total. The Hall–Kier alpha value is -2.63. The molecule has 1 aliphatic heterocycles. The summed E-state index contributed by atoms with van der Waals surface area (Å²) in [5.41, 5.74) is 6.71. The maximum Gasteiger partial charge on any atom is 0.255 e. The van der Waals surface area contributed by atoms with Crippen molar-refractivity contribution in [3.8, 4) is 0 Å². The topological polar surface area (TPSA) is 89.4 Å². The van der Waals surface area contributed by atoms with Gasteiger partial charge in [0.15, 0.2) is 0 Å². The molecular weight excluding hydrogens is 282 g/mol. The number of nitrogens with zero attached hydrogens (tertiary/aromatic N) is 2. The molecule has 6 heteroatoms. The van der Waals surface area contributed by atoms with Crippen LogP contribution >= 0.6 is 0 Å². The lowest BCUT2D eigenvalue weighted by Crippen LogP contribution is -2.32. The summed E-state index contributed by atoms with van der Waals surface area (Å²) in [6, 6.07) is 6.41. The van der Waals surface area contributed by atoms with Gasteiger partial charge in [-0.15, -0.1) is 0 Å². The van der Waals surface area contributed by atoms with Gasteiger partial charge in [-0.3, -0.25) is 9.59 Å². The zero-order valence-electron chi connectivity index (χ0n) is 12.3. The van der Waals surface area contributed by atoms with E-state index in [1.54, 1.807) is 35.4 Å². The minimum Gasteiger partial charge on any atom is -0.446 e. The highest BCUT2D eigenvalue weighted by molar-refractivity contribution is 6.06. The van der Waals surface area contributed by atoms with E-state index in [1.807, 2.05) is 6.92 Å². The molecule has 2 aromatic rings. The highest BCUT2D eigenvalue weighted by Crippen LogP contribution is 2.33. The lowest BCUT2D eigenvalue weighted by molar-refractivity contribution is 0.0711. The van der Waals surface area contributed by atoms with Gasteiger partial charge >= 0.3 is 0 Å². The summed E-state index contributed by atoms with van der Waals surface area (Å²) < 4.78 is 5.45. The van der Waals surface area contributed by atoms with Crippen molar-refractivity contribution in [3.05, 3.63) is 53.2 Å². The molecule has 3 rings (SSSR count). The van der Waals surface area contributed by atoms with E-state index in [4.69, 9.17) is 10.2 Å². The standard InChI is InChI=1S/C16H17N3O3/c1-10-9-22-15(18-10)13-7-4-8-19(13)16(21)12-6-3-2-5-11(12)14(17)20/h2-3,5-6,9,13H,4,7-8H2,1H3,(H2,17,20)/t13-/m1/s1. The number of nitrogens with two attached hydrogens (primary N) is 1. The number of rotatable bonds is 3. The molecule has 0 unspecified atom stereocenters. The molecule has 2 amide bonds. The highest BCUT2D eigenvalue weighted by atomic mass is 16.3. The van der Waals surface area contributed by atoms with Crippen molar-refractivity contribution in [1.29, 1.82) is 0 Å². The summed E-state index contributed by atoms with van der Waals surface area (Å²) >= 11 is 0. The molecule has 1 aromatic carbocycles. The van der Waals surface area contributed by atoms with E-state index >= 15 is 0 Å². The molecule has 1 aromatic heterocycles. The van der Waals surface area contributed by atoms with Gasteiger partial charge in [-0.05, 0) is 31.9 Å². The van der Waals surface area contributed by atoms with Crippen LogP contribution in [0.2, 0.25) is 0 Å². The summed E-state index contributed by atoms with van der Waals surface area (Å²) in [5, 5.41) is 0. The number of hydrogen-bond donors (Lipinski definition) is 1. The van der Waals surface area contributed by atoms with Crippen LogP contribution in [0, 0.1) is 6.92 Å². The van der Waals surface area contributed by atoms with Crippen LogP contribution in [0.15, 0.2) is 34.9 Å². The molecule has 6 nitrogen and oxygen atoms in total. The fourth-order valence-corrected chi connectivity index (χ4v) is 2.83. The Morgan fingerprint density at radius 2 is 2.05 bits per heavy atom. The van der Waals surface area contributed by atoms with E-state index in [-0.39, 0.29) is 17.5 Å².